The van der Waals surface area contributed by atoms with E-state index >= 15 is 0 Å². The number of hydrogen-bond donors (Lipinski definition) is 1. The summed E-state index contributed by atoms with van der Waals surface area (Å²) < 4.78 is 22.0. The second-order valence-electron chi connectivity index (χ2n) is 6.95. The fourth-order valence-corrected chi connectivity index (χ4v) is 3.28. The number of aromatic nitrogens is 4. The summed E-state index contributed by atoms with van der Waals surface area (Å²) in [6.07, 6.45) is 6.05. The molecule has 0 aliphatic carbocycles. The van der Waals surface area contributed by atoms with Crippen LogP contribution in [0.15, 0.2) is 36.9 Å². The molecule has 1 aliphatic rings. The van der Waals surface area contributed by atoms with Crippen molar-refractivity contribution in [3.63, 3.8) is 0 Å². The number of fused-ring (bicyclic) bond motifs is 1. The van der Waals surface area contributed by atoms with Gasteiger partial charge in [0.2, 0.25) is 5.95 Å². The number of rotatable bonds is 5. The summed E-state index contributed by atoms with van der Waals surface area (Å²) in [5.41, 5.74) is 1.84. The van der Waals surface area contributed by atoms with E-state index in [9.17, 15) is 4.39 Å². The summed E-state index contributed by atoms with van der Waals surface area (Å²) >= 11 is 0. The molecule has 0 saturated carbocycles. The number of nitrogens with zero attached hydrogens (tertiary/aromatic N) is 5. The summed E-state index contributed by atoms with van der Waals surface area (Å²) in [5.74, 6) is 1.49. The molecule has 8 heteroatoms. The number of ether oxygens (including phenoxy) is 1. The van der Waals surface area contributed by atoms with E-state index in [2.05, 4.69) is 39.0 Å². The zero-order chi connectivity index (χ0) is 19.7. The Morgan fingerprint density at radius 1 is 1.36 bits per heavy atom. The number of imidazole rings is 1. The molecular formula is C20H25FN6O. The lowest BCUT2D eigenvalue weighted by Crippen LogP contribution is -2.42. The van der Waals surface area contributed by atoms with Crippen LogP contribution in [0.5, 0.6) is 5.75 Å². The Morgan fingerprint density at radius 3 is 2.93 bits per heavy atom. The third-order valence-electron chi connectivity index (χ3n) is 4.68. The van der Waals surface area contributed by atoms with Gasteiger partial charge in [-0.2, -0.15) is 4.98 Å². The highest BCUT2D eigenvalue weighted by Crippen LogP contribution is 2.32. The van der Waals surface area contributed by atoms with Gasteiger partial charge in [0.25, 0.3) is 0 Å². The van der Waals surface area contributed by atoms with Gasteiger partial charge in [-0.1, -0.05) is 6.92 Å². The lowest BCUT2D eigenvalue weighted by molar-refractivity contribution is 0.266. The second-order valence-corrected chi connectivity index (χ2v) is 6.95. The van der Waals surface area contributed by atoms with E-state index in [4.69, 9.17) is 4.74 Å². The van der Waals surface area contributed by atoms with Crippen molar-refractivity contribution in [3.8, 4) is 11.4 Å². The molecule has 3 aromatic rings. The molecule has 0 saturated heterocycles. The molecule has 0 spiro atoms. The van der Waals surface area contributed by atoms with Crippen molar-refractivity contribution in [2.24, 2.45) is 0 Å². The maximum atomic E-state index is 14.6. The molecule has 0 fully saturated rings. The van der Waals surface area contributed by atoms with Crippen LogP contribution in [0.4, 0.5) is 21.8 Å². The summed E-state index contributed by atoms with van der Waals surface area (Å²) in [4.78, 5) is 15.3. The summed E-state index contributed by atoms with van der Waals surface area (Å²) in [5, 5.41) is 3.09. The van der Waals surface area contributed by atoms with E-state index in [0.717, 1.165) is 24.5 Å². The maximum Gasteiger partial charge on any atom is 0.229 e. The van der Waals surface area contributed by atoms with Crippen molar-refractivity contribution >= 4 is 17.5 Å². The molecular weight excluding hydrogens is 359 g/mol. The Balaban J connectivity index is 0.00000240. The smallest absolute Gasteiger partial charge is 0.229 e. The van der Waals surface area contributed by atoms with Crippen LogP contribution in [0.25, 0.3) is 5.69 Å². The summed E-state index contributed by atoms with van der Waals surface area (Å²) in [6.45, 7) is 7.61. The quantitative estimate of drug-likeness (QED) is 0.714. The molecule has 28 heavy (non-hydrogen) atoms. The molecule has 7 nitrogen and oxygen atoms in total. The molecule has 0 radical (unpaired) electrons. The Bertz CT molecular complexity index is 995. The van der Waals surface area contributed by atoms with Gasteiger partial charge in [-0.3, -0.25) is 0 Å². The van der Waals surface area contributed by atoms with Crippen molar-refractivity contribution < 1.29 is 10.6 Å². The predicted molar refractivity (Wildman–Crippen MR) is 108 cm³/mol. The van der Waals surface area contributed by atoms with Gasteiger partial charge in [0.15, 0.2) is 11.6 Å². The van der Waals surface area contributed by atoms with Gasteiger partial charge in [-0.25, -0.2) is 14.4 Å². The standard InChI is InChI=1S/C20H23FN6O.H2/c1-4-7-27-14(3)11-28-18-9-22-20(25-19(18)27)24-15-5-6-17(16(21)8-15)26-10-13(2)23-12-26;/h5-6,8-10,12,14H,4,7,11H2,1-3H3,(H,22,24,25);1H/t14-;/m1./s1. The van der Waals surface area contributed by atoms with E-state index < -0.39 is 0 Å². The Hall–Kier alpha value is -3.16. The normalized spacial score (nSPS) is 15.9. The Morgan fingerprint density at radius 2 is 2.21 bits per heavy atom. The largest absolute Gasteiger partial charge is 0.486 e. The minimum atomic E-state index is -0.357. The van der Waals surface area contributed by atoms with Crippen molar-refractivity contribution in [3.05, 3.63) is 48.4 Å². The van der Waals surface area contributed by atoms with Crippen LogP contribution in [-0.4, -0.2) is 38.7 Å². The van der Waals surface area contributed by atoms with E-state index in [1.807, 2.05) is 6.92 Å². The van der Waals surface area contributed by atoms with Crippen LogP contribution in [0.1, 0.15) is 27.4 Å². The fraction of sp³-hybridized carbons (Fsp3) is 0.350. The predicted octanol–water partition coefficient (Wildman–Crippen LogP) is 4.10. The minimum absolute atomic E-state index is 0. The first kappa shape index (κ1) is 18.2. The van der Waals surface area contributed by atoms with E-state index in [1.165, 1.54) is 6.07 Å². The molecule has 1 aliphatic heterocycles. The SMILES string of the molecule is CCCN1c2nc(Nc3ccc(-n4cnc(C)c4)c(F)c3)ncc2OC[C@H]1C.[HH]. The fourth-order valence-electron chi connectivity index (χ4n) is 3.28. The molecule has 0 bridgehead atoms. The van der Waals surface area contributed by atoms with Crippen LogP contribution in [0.3, 0.4) is 0 Å². The van der Waals surface area contributed by atoms with Gasteiger partial charge < -0.3 is 19.5 Å². The van der Waals surface area contributed by atoms with Crippen molar-refractivity contribution in [2.45, 2.75) is 33.2 Å². The van der Waals surface area contributed by atoms with Crippen molar-refractivity contribution in [2.75, 3.05) is 23.4 Å². The highest BCUT2D eigenvalue weighted by molar-refractivity contribution is 5.61. The number of halogens is 1. The minimum Gasteiger partial charge on any atom is -0.486 e. The summed E-state index contributed by atoms with van der Waals surface area (Å²) in [7, 11) is 0. The Kier molecular flexibility index (Phi) is 4.85. The van der Waals surface area contributed by atoms with Gasteiger partial charge in [0.05, 0.1) is 29.9 Å². The Labute approximate surface area is 164 Å². The van der Waals surface area contributed by atoms with Crippen LogP contribution in [0.2, 0.25) is 0 Å². The molecule has 1 N–H and O–H groups in total. The third-order valence-corrected chi connectivity index (χ3v) is 4.68. The first-order valence-corrected chi connectivity index (χ1v) is 9.39. The number of hydrogen-bond acceptors (Lipinski definition) is 6. The maximum absolute atomic E-state index is 14.6. The van der Waals surface area contributed by atoms with Crippen LogP contribution in [-0.2, 0) is 0 Å². The first-order chi connectivity index (χ1) is 13.5. The second kappa shape index (κ2) is 7.46. The number of nitrogens with one attached hydrogen (secondary N) is 1. The lowest BCUT2D eigenvalue weighted by atomic mass is 10.2. The van der Waals surface area contributed by atoms with E-state index in [0.29, 0.717) is 29.7 Å². The molecule has 1 atom stereocenters. The van der Waals surface area contributed by atoms with Gasteiger partial charge in [0.1, 0.15) is 12.4 Å². The van der Waals surface area contributed by atoms with Crippen LogP contribution in [0, 0.1) is 12.7 Å². The molecule has 148 valence electrons. The molecule has 1 aromatic carbocycles. The first-order valence-electron chi connectivity index (χ1n) is 9.39. The average molecular weight is 384 g/mol. The zero-order valence-corrected chi connectivity index (χ0v) is 16.2. The molecule has 0 unspecified atom stereocenters. The van der Waals surface area contributed by atoms with Gasteiger partial charge in [0, 0.05) is 19.9 Å². The number of aryl methyl sites for hydroxylation is 1. The van der Waals surface area contributed by atoms with Crippen molar-refractivity contribution in [1.82, 2.24) is 19.5 Å². The lowest BCUT2D eigenvalue weighted by Gasteiger charge is -2.35. The average Bonchev–Trinajstić information content (AvgIpc) is 3.10. The van der Waals surface area contributed by atoms with Gasteiger partial charge in [-0.05, 0) is 38.5 Å². The van der Waals surface area contributed by atoms with Crippen molar-refractivity contribution in [1.29, 1.82) is 0 Å². The molecule has 2 aromatic heterocycles. The highest BCUT2D eigenvalue weighted by atomic mass is 19.1. The van der Waals surface area contributed by atoms with Crippen LogP contribution >= 0.6 is 0 Å². The van der Waals surface area contributed by atoms with E-state index in [-0.39, 0.29) is 13.3 Å². The molecule has 4 rings (SSSR count). The number of benzene rings is 1. The topological polar surface area (TPSA) is 68.1 Å². The molecule has 3 heterocycles. The van der Waals surface area contributed by atoms with Crippen LogP contribution < -0.4 is 15.0 Å². The third kappa shape index (κ3) is 3.49. The highest BCUT2D eigenvalue weighted by Gasteiger charge is 2.26. The van der Waals surface area contributed by atoms with E-state index in [1.54, 1.807) is 35.4 Å². The summed E-state index contributed by atoms with van der Waals surface area (Å²) in [6, 6.07) is 5.16. The van der Waals surface area contributed by atoms with Gasteiger partial charge >= 0.3 is 0 Å². The monoisotopic (exact) mass is 384 g/mol. The number of anilines is 3. The van der Waals surface area contributed by atoms with Gasteiger partial charge in [-0.15, -0.1) is 0 Å². The molecule has 0 amide bonds. The zero-order valence-electron chi connectivity index (χ0n) is 16.2.